The SMILES string of the molecule is CC(C)n1ccc(COc2c(F)cc(C(=O)O)cc2F)n1. The van der Waals surface area contributed by atoms with Gasteiger partial charge in [0.2, 0.25) is 0 Å². The monoisotopic (exact) mass is 296 g/mol. The van der Waals surface area contributed by atoms with Crippen LogP contribution in [0.4, 0.5) is 8.78 Å². The molecule has 0 atom stereocenters. The minimum atomic E-state index is -1.41. The second-order valence-electron chi connectivity index (χ2n) is 4.74. The summed E-state index contributed by atoms with van der Waals surface area (Å²) in [5, 5.41) is 12.9. The maximum Gasteiger partial charge on any atom is 0.335 e. The molecule has 21 heavy (non-hydrogen) atoms. The first-order chi connectivity index (χ1) is 9.88. The van der Waals surface area contributed by atoms with Gasteiger partial charge in [-0.25, -0.2) is 13.6 Å². The van der Waals surface area contributed by atoms with Gasteiger partial charge in [0.1, 0.15) is 6.61 Å². The summed E-state index contributed by atoms with van der Waals surface area (Å²) in [4.78, 5) is 10.7. The van der Waals surface area contributed by atoms with Gasteiger partial charge < -0.3 is 9.84 Å². The van der Waals surface area contributed by atoms with Gasteiger partial charge in [-0.1, -0.05) is 0 Å². The molecule has 1 aromatic heterocycles. The number of aromatic carboxylic acids is 1. The molecule has 1 heterocycles. The van der Waals surface area contributed by atoms with Crippen molar-refractivity contribution in [1.82, 2.24) is 9.78 Å². The zero-order chi connectivity index (χ0) is 15.6. The fraction of sp³-hybridized carbons (Fsp3) is 0.286. The third kappa shape index (κ3) is 3.36. The predicted octanol–water partition coefficient (Wildman–Crippen LogP) is 3.02. The number of aromatic nitrogens is 2. The first kappa shape index (κ1) is 15.0. The molecule has 2 aromatic rings. The lowest BCUT2D eigenvalue weighted by molar-refractivity contribution is 0.0695. The van der Waals surface area contributed by atoms with Gasteiger partial charge in [-0.2, -0.15) is 5.10 Å². The van der Waals surface area contributed by atoms with Crippen LogP contribution in [0.15, 0.2) is 24.4 Å². The van der Waals surface area contributed by atoms with Crippen molar-refractivity contribution in [3.63, 3.8) is 0 Å². The molecule has 5 nitrogen and oxygen atoms in total. The summed E-state index contributed by atoms with van der Waals surface area (Å²) in [7, 11) is 0. The molecule has 112 valence electrons. The molecule has 1 aromatic carbocycles. The Morgan fingerprint density at radius 2 is 2.00 bits per heavy atom. The van der Waals surface area contributed by atoms with Crippen molar-refractivity contribution in [2.24, 2.45) is 0 Å². The molecule has 0 amide bonds. The fourth-order valence-corrected chi connectivity index (χ4v) is 1.71. The van der Waals surface area contributed by atoms with Gasteiger partial charge in [-0.3, -0.25) is 4.68 Å². The number of rotatable bonds is 5. The zero-order valence-electron chi connectivity index (χ0n) is 11.5. The number of ether oxygens (including phenoxy) is 1. The van der Waals surface area contributed by atoms with Gasteiger partial charge >= 0.3 is 5.97 Å². The second kappa shape index (κ2) is 5.90. The Kier molecular flexibility index (Phi) is 4.21. The van der Waals surface area contributed by atoms with Gasteiger partial charge in [0, 0.05) is 12.2 Å². The molecule has 0 radical (unpaired) electrons. The molecular weight excluding hydrogens is 282 g/mol. The van der Waals surface area contributed by atoms with E-state index in [2.05, 4.69) is 5.10 Å². The number of hydrogen-bond acceptors (Lipinski definition) is 3. The largest absolute Gasteiger partial charge is 0.481 e. The molecule has 1 N–H and O–H groups in total. The van der Waals surface area contributed by atoms with Crippen molar-refractivity contribution in [2.45, 2.75) is 26.5 Å². The highest BCUT2D eigenvalue weighted by Crippen LogP contribution is 2.24. The molecule has 0 aliphatic rings. The maximum atomic E-state index is 13.7. The molecule has 0 unspecified atom stereocenters. The lowest BCUT2D eigenvalue weighted by Gasteiger charge is -2.08. The van der Waals surface area contributed by atoms with Crippen LogP contribution in [0, 0.1) is 11.6 Å². The highest BCUT2D eigenvalue weighted by molar-refractivity contribution is 5.87. The van der Waals surface area contributed by atoms with E-state index in [9.17, 15) is 13.6 Å². The molecule has 0 saturated carbocycles. The van der Waals surface area contributed by atoms with Crippen LogP contribution < -0.4 is 4.74 Å². The third-order valence-corrected chi connectivity index (χ3v) is 2.80. The molecule has 0 aliphatic heterocycles. The summed E-state index contributed by atoms with van der Waals surface area (Å²) in [6.45, 7) is 3.78. The minimum absolute atomic E-state index is 0.111. The number of carbonyl (C=O) groups is 1. The van der Waals surface area contributed by atoms with Crippen molar-refractivity contribution in [1.29, 1.82) is 0 Å². The van der Waals surface area contributed by atoms with Gasteiger partial charge in [0.05, 0.1) is 11.3 Å². The lowest BCUT2D eigenvalue weighted by Crippen LogP contribution is -2.06. The summed E-state index contributed by atoms with van der Waals surface area (Å²) in [6.07, 6.45) is 1.74. The van der Waals surface area contributed by atoms with E-state index in [0.29, 0.717) is 17.8 Å². The van der Waals surface area contributed by atoms with E-state index in [4.69, 9.17) is 9.84 Å². The van der Waals surface area contributed by atoms with Crippen molar-refractivity contribution in [3.05, 3.63) is 47.3 Å². The number of nitrogens with zero attached hydrogens (tertiary/aromatic N) is 2. The topological polar surface area (TPSA) is 64.3 Å². The van der Waals surface area contributed by atoms with Crippen LogP contribution >= 0.6 is 0 Å². The molecule has 7 heteroatoms. The quantitative estimate of drug-likeness (QED) is 0.921. The molecule has 2 rings (SSSR count). The van der Waals surface area contributed by atoms with Gasteiger partial charge in [0.15, 0.2) is 17.4 Å². The third-order valence-electron chi connectivity index (χ3n) is 2.80. The van der Waals surface area contributed by atoms with E-state index in [1.807, 2.05) is 13.8 Å². The zero-order valence-corrected chi connectivity index (χ0v) is 11.5. The van der Waals surface area contributed by atoms with Crippen molar-refractivity contribution in [3.8, 4) is 5.75 Å². The average molecular weight is 296 g/mol. The van der Waals surface area contributed by atoms with Crippen molar-refractivity contribution >= 4 is 5.97 Å². The van der Waals surface area contributed by atoms with Crippen LogP contribution in [0.25, 0.3) is 0 Å². The Morgan fingerprint density at radius 1 is 1.38 bits per heavy atom. The van der Waals surface area contributed by atoms with Crippen LogP contribution in [-0.2, 0) is 6.61 Å². The molecule has 0 aliphatic carbocycles. The second-order valence-corrected chi connectivity index (χ2v) is 4.74. The summed E-state index contributed by atoms with van der Waals surface area (Å²) in [5.41, 5.74) is 0.0475. The number of carboxylic acid groups (broad SMARTS) is 1. The van der Waals surface area contributed by atoms with Gasteiger partial charge in [-0.15, -0.1) is 0 Å². The standard InChI is InChI=1S/C14H14F2N2O3/c1-8(2)18-4-3-10(17-18)7-21-13-11(15)5-9(14(19)20)6-12(13)16/h3-6,8H,7H2,1-2H3,(H,19,20). The Bertz CT molecular complexity index is 645. The summed E-state index contributed by atoms with van der Waals surface area (Å²) >= 11 is 0. The molecule has 0 saturated heterocycles. The van der Waals surface area contributed by atoms with E-state index in [1.165, 1.54) is 0 Å². The first-order valence-electron chi connectivity index (χ1n) is 6.27. The number of benzene rings is 1. The van der Waals surface area contributed by atoms with E-state index < -0.39 is 28.9 Å². The molecule has 0 bridgehead atoms. The Balaban J connectivity index is 2.14. The summed E-state index contributed by atoms with van der Waals surface area (Å²) in [5.74, 6) is -4.14. The number of halogens is 2. The van der Waals surface area contributed by atoms with Crippen molar-refractivity contribution < 1.29 is 23.4 Å². The Hall–Kier alpha value is -2.44. The minimum Gasteiger partial charge on any atom is -0.481 e. The van der Waals surface area contributed by atoms with Crippen molar-refractivity contribution in [2.75, 3.05) is 0 Å². The maximum absolute atomic E-state index is 13.7. The van der Waals surface area contributed by atoms with E-state index in [1.54, 1.807) is 16.9 Å². The predicted molar refractivity (Wildman–Crippen MR) is 70.3 cm³/mol. The molecule has 0 fully saturated rings. The lowest BCUT2D eigenvalue weighted by atomic mass is 10.2. The smallest absolute Gasteiger partial charge is 0.335 e. The Morgan fingerprint density at radius 3 is 2.48 bits per heavy atom. The fourth-order valence-electron chi connectivity index (χ4n) is 1.71. The normalized spacial score (nSPS) is 10.9. The summed E-state index contributed by atoms with van der Waals surface area (Å²) in [6, 6.07) is 3.28. The van der Waals surface area contributed by atoms with Gasteiger partial charge in [0.25, 0.3) is 0 Å². The summed E-state index contributed by atoms with van der Waals surface area (Å²) < 4.78 is 34.1. The van der Waals surface area contributed by atoms with E-state index >= 15 is 0 Å². The first-order valence-corrected chi connectivity index (χ1v) is 6.27. The molecule has 0 spiro atoms. The molecular formula is C14H14F2N2O3. The number of hydrogen-bond donors (Lipinski definition) is 1. The Labute approximate surface area is 119 Å². The highest BCUT2D eigenvalue weighted by atomic mass is 19.1. The van der Waals surface area contributed by atoms with E-state index in [0.717, 1.165) is 0 Å². The van der Waals surface area contributed by atoms with Crippen LogP contribution in [0.2, 0.25) is 0 Å². The van der Waals surface area contributed by atoms with Crippen LogP contribution in [0.5, 0.6) is 5.75 Å². The van der Waals surface area contributed by atoms with Crippen LogP contribution in [0.3, 0.4) is 0 Å². The van der Waals surface area contributed by atoms with Crippen LogP contribution in [-0.4, -0.2) is 20.9 Å². The average Bonchev–Trinajstić information content (AvgIpc) is 2.86. The highest BCUT2D eigenvalue weighted by Gasteiger charge is 2.16. The van der Waals surface area contributed by atoms with Crippen LogP contribution in [0.1, 0.15) is 35.9 Å². The number of carboxylic acids is 1. The van der Waals surface area contributed by atoms with E-state index in [-0.39, 0.29) is 12.6 Å². The van der Waals surface area contributed by atoms with Gasteiger partial charge in [-0.05, 0) is 32.0 Å².